The third-order valence-corrected chi connectivity index (χ3v) is 5.21. The highest BCUT2D eigenvalue weighted by Gasteiger charge is 2.26. The Labute approximate surface area is 157 Å². The Bertz CT molecular complexity index is 812. The molecule has 0 aromatic heterocycles. The molecule has 0 heterocycles. The van der Waals surface area contributed by atoms with E-state index in [1.165, 1.54) is 0 Å². The maximum absolute atomic E-state index is 13.4. The van der Waals surface area contributed by atoms with Gasteiger partial charge in [0.15, 0.2) is 0 Å². The van der Waals surface area contributed by atoms with Gasteiger partial charge >= 0.3 is 0 Å². The van der Waals surface area contributed by atoms with E-state index in [2.05, 4.69) is 15.9 Å². The van der Waals surface area contributed by atoms with Crippen LogP contribution in [0.1, 0.15) is 39.5 Å². The molecule has 0 atom stereocenters. The van der Waals surface area contributed by atoms with Gasteiger partial charge in [0, 0.05) is 10.0 Å². The highest BCUT2D eigenvalue weighted by molar-refractivity contribution is 9.10. The molecule has 0 fully saturated rings. The molecule has 134 valence electrons. The second-order valence-corrected chi connectivity index (χ2v) is 6.57. The van der Waals surface area contributed by atoms with Crippen LogP contribution >= 0.6 is 15.9 Å². The quantitative estimate of drug-likeness (QED) is 0.640. The van der Waals surface area contributed by atoms with Gasteiger partial charge in [0.05, 0.1) is 32.5 Å². The van der Waals surface area contributed by atoms with Gasteiger partial charge in [-0.2, -0.15) is 0 Å². The predicted molar refractivity (Wildman–Crippen MR) is 103 cm³/mol. The van der Waals surface area contributed by atoms with Crippen LogP contribution < -0.4 is 14.2 Å². The minimum absolute atomic E-state index is 0.123. The molecule has 2 aromatic rings. The molecule has 0 aliphatic rings. The minimum Gasteiger partial charge on any atom is -0.496 e. The van der Waals surface area contributed by atoms with Crippen LogP contribution in [0, 0.1) is 13.8 Å². The lowest BCUT2D eigenvalue weighted by atomic mass is 9.91. The third kappa shape index (κ3) is 3.38. The van der Waals surface area contributed by atoms with Crippen LogP contribution in [0.5, 0.6) is 17.2 Å². The number of ether oxygens (including phenoxy) is 3. The van der Waals surface area contributed by atoms with E-state index in [0.29, 0.717) is 29.0 Å². The second-order valence-electron chi connectivity index (χ2n) is 5.71. The molecule has 0 N–H and O–H groups in total. The highest BCUT2D eigenvalue weighted by atomic mass is 79.9. The Morgan fingerprint density at radius 2 is 1.64 bits per heavy atom. The number of rotatable bonds is 6. The van der Waals surface area contributed by atoms with Crippen molar-refractivity contribution in [1.82, 2.24) is 0 Å². The van der Waals surface area contributed by atoms with E-state index in [4.69, 9.17) is 14.2 Å². The summed E-state index contributed by atoms with van der Waals surface area (Å²) >= 11 is 3.50. The lowest BCUT2D eigenvalue weighted by molar-refractivity contribution is 0.103. The summed E-state index contributed by atoms with van der Waals surface area (Å²) in [5, 5.41) is 0. The molecule has 0 amide bonds. The molecule has 2 rings (SSSR count). The van der Waals surface area contributed by atoms with Crippen molar-refractivity contribution >= 4 is 21.7 Å². The average Bonchev–Trinajstić information content (AvgIpc) is 2.61. The minimum atomic E-state index is -0.123. The molecule has 0 unspecified atom stereocenters. The van der Waals surface area contributed by atoms with Crippen molar-refractivity contribution in [2.45, 2.75) is 27.2 Å². The topological polar surface area (TPSA) is 44.8 Å². The van der Waals surface area contributed by atoms with Crippen molar-refractivity contribution < 1.29 is 19.0 Å². The van der Waals surface area contributed by atoms with Gasteiger partial charge in [-0.15, -0.1) is 0 Å². The molecule has 0 aliphatic carbocycles. The summed E-state index contributed by atoms with van der Waals surface area (Å²) in [4.78, 5) is 13.4. The van der Waals surface area contributed by atoms with Crippen LogP contribution in [-0.2, 0) is 6.42 Å². The molecule has 0 radical (unpaired) electrons. The fraction of sp³-hybridized carbons (Fsp3) is 0.350. The lowest BCUT2D eigenvalue weighted by Crippen LogP contribution is -2.12. The Balaban J connectivity index is 2.79. The zero-order chi connectivity index (χ0) is 18.7. The van der Waals surface area contributed by atoms with E-state index >= 15 is 0 Å². The molecule has 4 nitrogen and oxygen atoms in total. The number of hydrogen-bond acceptors (Lipinski definition) is 4. The van der Waals surface area contributed by atoms with E-state index in [0.717, 1.165) is 26.9 Å². The Morgan fingerprint density at radius 1 is 1.00 bits per heavy atom. The van der Waals surface area contributed by atoms with Gasteiger partial charge in [0.2, 0.25) is 5.78 Å². The van der Waals surface area contributed by atoms with Gasteiger partial charge < -0.3 is 14.2 Å². The van der Waals surface area contributed by atoms with Crippen molar-refractivity contribution in [2.75, 3.05) is 21.3 Å². The molecular formula is C20H23BrO4. The maximum atomic E-state index is 13.4. The van der Waals surface area contributed by atoms with Crippen molar-refractivity contribution in [3.8, 4) is 17.2 Å². The predicted octanol–water partition coefficient (Wildman–Crippen LogP) is 4.89. The van der Waals surface area contributed by atoms with Crippen LogP contribution in [0.3, 0.4) is 0 Å². The molecule has 0 spiro atoms. The molecule has 0 bridgehead atoms. The number of hydrogen-bond donors (Lipinski definition) is 0. The number of methoxy groups -OCH3 is 3. The van der Waals surface area contributed by atoms with Crippen LogP contribution in [0.4, 0.5) is 0 Å². The molecule has 0 aliphatic heterocycles. The zero-order valence-electron chi connectivity index (χ0n) is 15.5. The van der Waals surface area contributed by atoms with Crippen LogP contribution in [-0.4, -0.2) is 27.1 Å². The SMILES string of the molecule is CCc1c(OC)cc(C)c(C(=O)c2c(OC)ccc(Br)c2C)c1OC. The first kappa shape index (κ1) is 19.3. The van der Waals surface area contributed by atoms with Gasteiger partial charge in [0.1, 0.15) is 17.2 Å². The van der Waals surface area contributed by atoms with E-state index in [9.17, 15) is 4.79 Å². The number of aryl methyl sites for hydroxylation is 1. The van der Waals surface area contributed by atoms with E-state index in [-0.39, 0.29) is 5.78 Å². The number of carbonyl (C=O) groups is 1. The largest absolute Gasteiger partial charge is 0.496 e. The summed E-state index contributed by atoms with van der Waals surface area (Å²) in [6.07, 6.45) is 0.696. The number of carbonyl (C=O) groups excluding carboxylic acids is 1. The Kier molecular flexibility index (Phi) is 6.11. The summed E-state index contributed by atoms with van der Waals surface area (Å²) in [5.41, 5.74) is 3.59. The molecular weight excluding hydrogens is 384 g/mol. The van der Waals surface area contributed by atoms with Crippen molar-refractivity contribution in [3.05, 3.63) is 50.5 Å². The average molecular weight is 407 g/mol. The Hall–Kier alpha value is -2.01. The summed E-state index contributed by atoms with van der Waals surface area (Å²) in [6, 6.07) is 5.55. The molecule has 5 heteroatoms. The standard InChI is InChI=1S/C20H23BrO4/c1-7-13-16(24-5)10-11(2)17(20(13)25-6)19(22)18-12(3)14(21)8-9-15(18)23-4/h8-10H,7H2,1-6H3. The maximum Gasteiger partial charge on any atom is 0.201 e. The van der Waals surface area contributed by atoms with Crippen molar-refractivity contribution in [3.63, 3.8) is 0 Å². The first-order valence-electron chi connectivity index (χ1n) is 8.03. The monoisotopic (exact) mass is 406 g/mol. The molecule has 2 aromatic carbocycles. The van der Waals surface area contributed by atoms with Crippen LogP contribution in [0.25, 0.3) is 0 Å². The smallest absolute Gasteiger partial charge is 0.201 e. The second kappa shape index (κ2) is 7.91. The number of benzene rings is 2. The highest BCUT2D eigenvalue weighted by Crippen LogP contribution is 2.39. The summed E-state index contributed by atoms with van der Waals surface area (Å²) in [7, 11) is 4.76. The zero-order valence-corrected chi connectivity index (χ0v) is 17.0. The van der Waals surface area contributed by atoms with Crippen molar-refractivity contribution in [1.29, 1.82) is 0 Å². The van der Waals surface area contributed by atoms with E-state index in [1.807, 2.05) is 32.9 Å². The number of halogens is 1. The van der Waals surface area contributed by atoms with Gasteiger partial charge in [-0.1, -0.05) is 22.9 Å². The van der Waals surface area contributed by atoms with Crippen molar-refractivity contribution in [2.24, 2.45) is 0 Å². The summed E-state index contributed by atoms with van der Waals surface area (Å²) in [5.74, 6) is 1.71. The fourth-order valence-corrected chi connectivity index (χ4v) is 3.39. The van der Waals surface area contributed by atoms with Crippen LogP contribution in [0.15, 0.2) is 22.7 Å². The fourth-order valence-electron chi connectivity index (χ4n) is 3.06. The van der Waals surface area contributed by atoms with Gasteiger partial charge in [-0.3, -0.25) is 4.79 Å². The first-order chi connectivity index (χ1) is 11.9. The molecule has 25 heavy (non-hydrogen) atoms. The molecule has 0 saturated carbocycles. The van der Waals surface area contributed by atoms with Gasteiger partial charge in [-0.05, 0) is 49.6 Å². The normalized spacial score (nSPS) is 10.5. The lowest BCUT2D eigenvalue weighted by Gasteiger charge is -2.19. The number of ketones is 1. The van der Waals surface area contributed by atoms with Crippen LogP contribution in [0.2, 0.25) is 0 Å². The Morgan fingerprint density at radius 3 is 2.16 bits per heavy atom. The first-order valence-corrected chi connectivity index (χ1v) is 8.82. The molecule has 0 saturated heterocycles. The third-order valence-electron chi connectivity index (χ3n) is 4.35. The summed E-state index contributed by atoms with van der Waals surface area (Å²) in [6.45, 7) is 5.79. The van der Waals surface area contributed by atoms with E-state index in [1.54, 1.807) is 27.4 Å². The van der Waals surface area contributed by atoms with E-state index < -0.39 is 0 Å². The summed E-state index contributed by atoms with van der Waals surface area (Å²) < 4.78 is 17.4. The van der Waals surface area contributed by atoms with Gasteiger partial charge in [0.25, 0.3) is 0 Å². The van der Waals surface area contributed by atoms with Gasteiger partial charge in [-0.25, -0.2) is 0 Å².